The van der Waals surface area contributed by atoms with Gasteiger partial charge in [0.05, 0.1) is 57.0 Å². The van der Waals surface area contributed by atoms with Crippen molar-refractivity contribution in [3.63, 3.8) is 0 Å². The summed E-state index contributed by atoms with van der Waals surface area (Å²) in [5.41, 5.74) is 1.14. The molecule has 5 fully saturated rings. The first-order valence-corrected chi connectivity index (χ1v) is 21.8. The highest BCUT2D eigenvalue weighted by molar-refractivity contribution is 9.10. The molecule has 4 aromatic rings. The van der Waals surface area contributed by atoms with E-state index < -0.39 is 14.0 Å². The lowest BCUT2D eigenvalue weighted by Crippen LogP contribution is -2.41. The van der Waals surface area contributed by atoms with E-state index in [1.54, 1.807) is 0 Å². The maximum Gasteiger partial charge on any atom is 0.494 e. The number of benzene rings is 2. The van der Waals surface area contributed by atoms with Crippen LogP contribution in [0.3, 0.4) is 0 Å². The molecule has 314 valence electrons. The molecule has 2 aromatic carbocycles. The number of nitrogens with zero attached hydrogens (tertiary/aromatic N) is 4. The number of hydrogen-bond acceptors (Lipinski definition) is 10. The molecule has 0 saturated carbocycles. The van der Waals surface area contributed by atoms with Crippen molar-refractivity contribution in [1.82, 2.24) is 19.6 Å². The Balaban J connectivity index is 0.000000136. The summed E-state index contributed by atoms with van der Waals surface area (Å²) < 4.78 is 52.9. The Morgan fingerprint density at radius 2 is 0.931 bits per heavy atom. The van der Waals surface area contributed by atoms with Gasteiger partial charge in [-0.25, -0.2) is 9.36 Å². The van der Waals surface area contributed by atoms with Gasteiger partial charge in [0.1, 0.15) is 0 Å². The molecule has 5 saturated heterocycles. The summed E-state index contributed by atoms with van der Waals surface area (Å²) >= 11 is 3.49. The molecule has 58 heavy (non-hydrogen) atoms. The zero-order chi connectivity index (χ0) is 41.9. The van der Waals surface area contributed by atoms with Gasteiger partial charge in [0.15, 0.2) is 12.5 Å². The van der Waals surface area contributed by atoms with Crippen molar-refractivity contribution in [3.05, 3.63) is 53.3 Å². The maximum absolute atomic E-state index is 6.18. The van der Waals surface area contributed by atoms with Crippen molar-refractivity contribution in [2.45, 2.75) is 168 Å². The van der Waals surface area contributed by atoms with Gasteiger partial charge in [-0.2, -0.15) is 10.2 Å². The lowest BCUT2D eigenvalue weighted by atomic mass is 9.49. The minimum absolute atomic E-state index is 0.0322. The zero-order valence-corrected chi connectivity index (χ0v) is 38.2. The SMILES string of the molecule is Brc1ccc2cnn(C3CCCCO3)c2c1.CC1(C)OB(B2OC(C)(C)C(C)(C)O2)OC1(C)C.CC1(C)OB(c2ccc3cnn(C4CCCCO4)c3c2)OC1(C)C. The van der Waals surface area contributed by atoms with E-state index in [1.807, 2.05) is 83.2 Å². The maximum atomic E-state index is 6.18. The lowest BCUT2D eigenvalue weighted by Gasteiger charge is -2.32. The van der Waals surface area contributed by atoms with Crippen molar-refractivity contribution in [1.29, 1.82) is 0 Å². The van der Waals surface area contributed by atoms with E-state index in [0.717, 1.165) is 64.2 Å². The van der Waals surface area contributed by atoms with Crippen LogP contribution >= 0.6 is 15.9 Å². The third-order valence-corrected chi connectivity index (χ3v) is 13.8. The first kappa shape index (κ1) is 43.8. The molecule has 5 aliphatic rings. The van der Waals surface area contributed by atoms with Crippen LogP contribution in [0.1, 0.15) is 134 Å². The third-order valence-electron chi connectivity index (χ3n) is 13.3. The predicted octanol–water partition coefficient (Wildman–Crippen LogP) is 8.78. The number of aromatic nitrogens is 4. The van der Waals surface area contributed by atoms with Crippen LogP contribution < -0.4 is 5.46 Å². The molecule has 7 heterocycles. The van der Waals surface area contributed by atoms with Crippen LogP contribution in [0.15, 0.2) is 53.3 Å². The second-order valence-corrected chi connectivity index (χ2v) is 20.1. The monoisotopic (exact) mass is 862 g/mol. The minimum Gasteiger partial charge on any atom is -0.405 e. The molecule has 16 heteroatoms. The molecular weight excluding hydrogens is 801 g/mol. The van der Waals surface area contributed by atoms with Gasteiger partial charge in [-0.1, -0.05) is 34.1 Å². The van der Waals surface area contributed by atoms with Crippen LogP contribution in [0, 0.1) is 0 Å². The summed E-state index contributed by atoms with van der Waals surface area (Å²) in [7, 11) is -1.30. The Bertz CT molecular complexity index is 1980. The number of rotatable bonds is 4. The third kappa shape index (κ3) is 8.74. The summed E-state index contributed by atoms with van der Waals surface area (Å²) in [5.74, 6) is 0. The Hall–Kier alpha value is -2.27. The fourth-order valence-electron chi connectivity index (χ4n) is 7.48. The molecule has 0 spiro atoms. The molecule has 2 atom stereocenters. The van der Waals surface area contributed by atoms with Gasteiger partial charge in [-0.05, 0) is 145 Å². The topological polar surface area (TPSA) is 109 Å². The van der Waals surface area contributed by atoms with Crippen LogP contribution in [0.2, 0.25) is 0 Å². The summed E-state index contributed by atoms with van der Waals surface area (Å²) in [6.45, 7) is 26.2. The predicted molar refractivity (Wildman–Crippen MR) is 233 cm³/mol. The van der Waals surface area contributed by atoms with Crippen molar-refractivity contribution in [2.24, 2.45) is 0 Å². The van der Waals surface area contributed by atoms with Crippen LogP contribution in [-0.4, -0.2) is 87.5 Å². The van der Waals surface area contributed by atoms with Gasteiger partial charge in [0.2, 0.25) is 0 Å². The standard InChI is InChI=1S/C18H25BN2O3.C12H24B2O4.C12H13BrN2O/c1-17(2)18(3,4)24-19(23-17)14-9-8-13-12-20-21(15(13)11-14)16-7-5-6-10-22-16;1-9(2)10(3,4)16-13(15-9)14-17-11(5,6)12(7,8)18-14;13-10-5-4-9-8-14-15(11(9)7-10)12-3-1-2-6-16-12/h8-9,11-12,16H,5-7,10H2,1-4H3;1-8H3;4-5,7-8,12H,1-3,6H2. The Morgan fingerprint density at radius 1 is 0.534 bits per heavy atom. The van der Waals surface area contributed by atoms with Gasteiger partial charge in [0, 0.05) is 28.5 Å². The van der Waals surface area contributed by atoms with Gasteiger partial charge in [0.25, 0.3) is 0 Å². The van der Waals surface area contributed by atoms with Crippen molar-refractivity contribution >= 4 is 64.3 Å². The average molecular weight is 863 g/mol. The normalized spacial score (nSPS) is 26.7. The summed E-state index contributed by atoms with van der Waals surface area (Å²) in [4.78, 5) is 0. The van der Waals surface area contributed by atoms with Crippen LogP contribution in [0.4, 0.5) is 0 Å². The second kappa shape index (κ2) is 16.2. The van der Waals surface area contributed by atoms with Gasteiger partial charge in [-0.3, -0.25) is 0 Å². The Labute approximate surface area is 354 Å². The molecule has 0 radical (unpaired) electrons. The van der Waals surface area contributed by atoms with Gasteiger partial charge >= 0.3 is 21.1 Å². The Kier molecular flexibility index (Phi) is 12.2. The fourth-order valence-corrected chi connectivity index (χ4v) is 7.83. The number of ether oxygens (including phenoxy) is 2. The van der Waals surface area contributed by atoms with E-state index >= 15 is 0 Å². The van der Waals surface area contributed by atoms with E-state index in [0.29, 0.717) is 0 Å². The van der Waals surface area contributed by atoms with Crippen LogP contribution in [0.5, 0.6) is 0 Å². The fraction of sp³-hybridized carbons (Fsp3) is 0.667. The minimum atomic E-state index is -0.476. The second-order valence-electron chi connectivity index (χ2n) is 19.2. The zero-order valence-electron chi connectivity index (χ0n) is 36.6. The van der Waals surface area contributed by atoms with Crippen LogP contribution in [0.25, 0.3) is 21.8 Å². The molecule has 9 rings (SSSR count). The molecule has 2 unspecified atom stereocenters. The molecular formula is C42H62B3BrN4O8. The van der Waals surface area contributed by atoms with Crippen LogP contribution in [-0.2, 0) is 37.4 Å². The highest BCUT2D eigenvalue weighted by atomic mass is 79.9. The van der Waals surface area contributed by atoms with E-state index in [2.05, 4.69) is 84.2 Å². The van der Waals surface area contributed by atoms with E-state index in [1.165, 1.54) is 19.3 Å². The molecule has 12 nitrogen and oxygen atoms in total. The summed E-state index contributed by atoms with van der Waals surface area (Å²) in [6.07, 6.45) is 10.7. The van der Waals surface area contributed by atoms with Gasteiger partial charge in [-0.15, -0.1) is 0 Å². The smallest absolute Gasteiger partial charge is 0.405 e. The molecule has 5 aliphatic heterocycles. The highest BCUT2D eigenvalue weighted by Gasteiger charge is 2.63. The molecule has 0 aliphatic carbocycles. The molecule has 2 aromatic heterocycles. The van der Waals surface area contributed by atoms with Crippen molar-refractivity contribution in [2.75, 3.05) is 13.2 Å². The van der Waals surface area contributed by atoms with E-state index in [4.69, 9.17) is 37.4 Å². The first-order valence-electron chi connectivity index (χ1n) is 21.0. The summed E-state index contributed by atoms with van der Waals surface area (Å²) in [6, 6.07) is 12.5. The van der Waals surface area contributed by atoms with Crippen molar-refractivity contribution in [3.8, 4) is 0 Å². The average Bonchev–Trinajstić information content (AvgIpc) is 3.92. The number of halogens is 1. The molecule has 0 amide bonds. The number of fused-ring (bicyclic) bond motifs is 2. The largest absolute Gasteiger partial charge is 0.494 e. The highest BCUT2D eigenvalue weighted by Crippen LogP contribution is 2.43. The molecule has 0 N–H and O–H groups in total. The summed E-state index contributed by atoms with van der Waals surface area (Å²) in [5, 5.41) is 11.3. The molecule has 0 bridgehead atoms. The quantitative estimate of drug-likeness (QED) is 0.185. The van der Waals surface area contributed by atoms with Gasteiger partial charge < -0.3 is 37.4 Å². The van der Waals surface area contributed by atoms with E-state index in [9.17, 15) is 0 Å². The van der Waals surface area contributed by atoms with E-state index in [-0.39, 0.29) is 53.2 Å². The number of hydrogen-bond donors (Lipinski definition) is 0. The Morgan fingerprint density at radius 3 is 1.34 bits per heavy atom. The first-order chi connectivity index (χ1) is 27.1. The lowest BCUT2D eigenvalue weighted by molar-refractivity contribution is -0.0367. The van der Waals surface area contributed by atoms with Crippen molar-refractivity contribution < 1.29 is 37.4 Å².